The zero-order chi connectivity index (χ0) is 24.2. The Morgan fingerprint density at radius 2 is 1.66 bits per heavy atom. The summed E-state index contributed by atoms with van der Waals surface area (Å²) in [6, 6.07) is 26.9. The van der Waals surface area contributed by atoms with Crippen LogP contribution in [0.5, 0.6) is 17.4 Å². The van der Waals surface area contributed by atoms with Gasteiger partial charge in [0, 0.05) is 18.2 Å². The first-order valence-corrected chi connectivity index (χ1v) is 11.9. The van der Waals surface area contributed by atoms with Gasteiger partial charge in [-0.05, 0) is 62.1 Å². The molecule has 0 atom stereocenters. The van der Waals surface area contributed by atoms with Crippen LogP contribution < -0.4 is 9.47 Å². The normalized spacial score (nSPS) is 12.9. The third-order valence-electron chi connectivity index (χ3n) is 6.23. The van der Waals surface area contributed by atoms with Crippen molar-refractivity contribution in [1.82, 2.24) is 14.7 Å². The van der Waals surface area contributed by atoms with Gasteiger partial charge in [0.25, 0.3) is 5.91 Å². The predicted molar refractivity (Wildman–Crippen MR) is 135 cm³/mol. The summed E-state index contributed by atoms with van der Waals surface area (Å²) in [5.74, 6) is 2.53. The number of aromatic nitrogens is 2. The maximum absolute atomic E-state index is 13.5. The van der Waals surface area contributed by atoms with Gasteiger partial charge in [-0.25, -0.2) is 4.68 Å². The summed E-state index contributed by atoms with van der Waals surface area (Å²) in [5, 5.41) is 4.82. The SMILES string of the molecule is COc1cccc(Oc2c(CN(CC3CC3)C(=O)c3ccccc3)c(C)nn2-c2ccccc2)c1. The standard InChI is InChI=1S/C29H29N3O3/c1-21-27(20-31(19-22-16-17-22)28(33)23-10-5-3-6-11-23)29(32(30-21)24-12-7-4-8-13-24)35-26-15-9-14-25(18-26)34-2/h3-15,18,22H,16-17,19-20H2,1-2H3. The number of amides is 1. The third kappa shape index (κ3) is 5.22. The minimum Gasteiger partial charge on any atom is -0.497 e. The summed E-state index contributed by atoms with van der Waals surface area (Å²) in [7, 11) is 1.63. The van der Waals surface area contributed by atoms with Crippen molar-refractivity contribution >= 4 is 5.91 Å². The maximum atomic E-state index is 13.5. The van der Waals surface area contributed by atoms with Gasteiger partial charge in [-0.1, -0.05) is 42.5 Å². The lowest BCUT2D eigenvalue weighted by Crippen LogP contribution is -2.32. The third-order valence-corrected chi connectivity index (χ3v) is 6.23. The lowest BCUT2D eigenvalue weighted by Gasteiger charge is -2.23. The van der Waals surface area contributed by atoms with Crippen molar-refractivity contribution in [2.45, 2.75) is 26.3 Å². The van der Waals surface area contributed by atoms with E-state index in [1.807, 2.05) is 101 Å². The van der Waals surface area contributed by atoms with E-state index in [4.69, 9.17) is 14.6 Å². The number of aryl methyl sites for hydroxylation is 1. The zero-order valence-corrected chi connectivity index (χ0v) is 20.1. The second-order valence-electron chi connectivity index (χ2n) is 8.89. The van der Waals surface area contributed by atoms with Crippen LogP contribution in [-0.4, -0.2) is 34.2 Å². The van der Waals surface area contributed by atoms with Gasteiger partial charge in [0.15, 0.2) is 0 Å². The fourth-order valence-electron chi connectivity index (χ4n) is 4.13. The van der Waals surface area contributed by atoms with Crippen LogP contribution in [-0.2, 0) is 6.54 Å². The van der Waals surface area contributed by atoms with E-state index in [-0.39, 0.29) is 5.91 Å². The lowest BCUT2D eigenvalue weighted by molar-refractivity contribution is 0.0733. The van der Waals surface area contributed by atoms with Crippen molar-refractivity contribution in [2.75, 3.05) is 13.7 Å². The van der Waals surface area contributed by atoms with Gasteiger partial charge in [-0.15, -0.1) is 0 Å². The van der Waals surface area contributed by atoms with E-state index in [1.165, 1.54) is 0 Å². The first-order chi connectivity index (χ1) is 17.1. The molecule has 5 rings (SSSR count). The van der Waals surface area contributed by atoms with Crippen molar-refractivity contribution in [3.05, 3.63) is 102 Å². The molecule has 6 heteroatoms. The molecule has 1 aromatic heterocycles. The van der Waals surface area contributed by atoms with Crippen molar-refractivity contribution in [2.24, 2.45) is 5.92 Å². The van der Waals surface area contributed by atoms with Crippen LogP contribution in [0.2, 0.25) is 0 Å². The van der Waals surface area contributed by atoms with Crippen LogP contribution in [0.4, 0.5) is 0 Å². The highest BCUT2D eigenvalue weighted by Crippen LogP contribution is 2.35. The molecule has 6 nitrogen and oxygen atoms in total. The highest BCUT2D eigenvalue weighted by Gasteiger charge is 2.30. The first-order valence-electron chi connectivity index (χ1n) is 11.9. The number of ether oxygens (including phenoxy) is 2. The summed E-state index contributed by atoms with van der Waals surface area (Å²) in [4.78, 5) is 15.4. The van der Waals surface area contributed by atoms with Crippen LogP contribution in [0.3, 0.4) is 0 Å². The van der Waals surface area contributed by atoms with Crippen LogP contribution in [0.1, 0.15) is 34.5 Å². The Hall–Kier alpha value is -4.06. The number of rotatable bonds is 9. The number of methoxy groups -OCH3 is 1. The van der Waals surface area contributed by atoms with Crippen LogP contribution in [0.25, 0.3) is 5.69 Å². The van der Waals surface area contributed by atoms with Gasteiger partial charge in [0.2, 0.25) is 5.88 Å². The number of carbonyl (C=O) groups is 1. The van der Waals surface area contributed by atoms with Crippen molar-refractivity contribution in [3.8, 4) is 23.1 Å². The molecule has 3 aromatic carbocycles. The molecule has 1 aliphatic carbocycles. The molecule has 0 bridgehead atoms. The lowest BCUT2D eigenvalue weighted by atomic mass is 10.1. The smallest absolute Gasteiger partial charge is 0.254 e. The fourth-order valence-corrected chi connectivity index (χ4v) is 4.13. The molecule has 0 saturated heterocycles. The first kappa shape index (κ1) is 22.7. The van der Waals surface area contributed by atoms with Crippen LogP contribution in [0, 0.1) is 12.8 Å². The molecule has 1 saturated carbocycles. The molecule has 0 spiro atoms. The summed E-state index contributed by atoms with van der Waals surface area (Å²) in [6.45, 7) is 3.11. The van der Waals surface area contributed by atoms with E-state index in [0.29, 0.717) is 35.4 Å². The number of hydrogen-bond donors (Lipinski definition) is 0. The Kier molecular flexibility index (Phi) is 6.53. The molecule has 1 amide bonds. The van der Waals surface area contributed by atoms with Gasteiger partial charge in [0.05, 0.1) is 30.6 Å². The van der Waals surface area contributed by atoms with Gasteiger partial charge < -0.3 is 14.4 Å². The maximum Gasteiger partial charge on any atom is 0.254 e. The molecule has 1 heterocycles. The van der Waals surface area contributed by atoms with Crippen molar-refractivity contribution < 1.29 is 14.3 Å². The van der Waals surface area contributed by atoms with Gasteiger partial charge in [-0.3, -0.25) is 4.79 Å². The quantitative estimate of drug-likeness (QED) is 0.301. The second kappa shape index (κ2) is 10.1. The minimum atomic E-state index is 0.0247. The number of nitrogens with zero attached hydrogens (tertiary/aromatic N) is 3. The fraction of sp³-hybridized carbons (Fsp3) is 0.241. The Bertz CT molecular complexity index is 1300. The van der Waals surface area contributed by atoms with E-state index in [0.717, 1.165) is 36.3 Å². The highest BCUT2D eigenvalue weighted by molar-refractivity contribution is 5.94. The summed E-state index contributed by atoms with van der Waals surface area (Å²) in [5.41, 5.74) is 3.30. The van der Waals surface area contributed by atoms with E-state index >= 15 is 0 Å². The molecule has 0 unspecified atom stereocenters. The average molecular weight is 468 g/mol. The highest BCUT2D eigenvalue weighted by atomic mass is 16.5. The summed E-state index contributed by atoms with van der Waals surface area (Å²) in [6.07, 6.45) is 2.32. The molecule has 1 fully saturated rings. The molecule has 0 N–H and O–H groups in total. The van der Waals surface area contributed by atoms with E-state index < -0.39 is 0 Å². The molecule has 35 heavy (non-hydrogen) atoms. The van der Waals surface area contributed by atoms with Crippen LogP contribution in [0.15, 0.2) is 84.9 Å². The molecule has 1 aliphatic rings. The van der Waals surface area contributed by atoms with Gasteiger partial charge in [0.1, 0.15) is 11.5 Å². The second-order valence-corrected chi connectivity index (χ2v) is 8.89. The van der Waals surface area contributed by atoms with E-state index in [1.54, 1.807) is 7.11 Å². The van der Waals surface area contributed by atoms with Crippen molar-refractivity contribution in [1.29, 1.82) is 0 Å². The number of para-hydroxylation sites is 1. The Morgan fingerprint density at radius 1 is 0.971 bits per heavy atom. The monoisotopic (exact) mass is 467 g/mol. The molecule has 4 aromatic rings. The number of benzene rings is 3. The summed E-state index contributed by atoms with van der Waals surface area (Å²) < 4.78 is 13.6. The Labute approximate surface area is 205 Å². The number of carbonyl (C=O) groups excluding carboxylic acids is 1. The molecule has 0 radical (unpaired) electrons. The van der Waals surface area contributed by atoms with Crippen molar-refractivity contribution in [3.63, 3.8) is 0 Å². The number of hydrogen-bond acceptors (Lipinski definition) is 4. The molecule has 0 aliphatic heterocycles. The van der Waals surface area contributed by atoms with Gasteiger partial charge >= 0.3 is 0 Å². The molecular formula is C29H29N3O3. The Morgan fingerprint density at radius 3 is 2.34 bits per heavy atom. The van der Waals surface area contributed by atoms with E-state index in [2.05, 4.69) is 0 Å². The van der Waals surface area contributed by atoms with Crippen LogP contribution >= 0.6 is 0 Å². The zero-order valence-electron chi connectivity index (χ0n) is 20.1. The largest absolute Gasteiger partial charge is 0.497 e. The molecular weight excluding hydrogens is 438 g/mol. The average Bonchev–Trinajstić information content (AvgIpc) is 3.68. The molecule has 178 valence electrons. The minimum absolute atomic E-state index is 0.0247. The topological polar surface area (TPSA) is 56.6 Å². The Balaban J connectivity index is 1.54. The van der Waals surface area contributed by atoms with Gasteiger partial charge in [-0.2, -0.15) is 5.10 Å². The summed E-state index contributed by atoms with van der Waals surface area (Å²) >= 11 is 0. The van der Waals surface area contributed by atoms with E-state index in [9.17, 15) is 4.79 Å². The predicted octanol–water partition coefficient (Wildman–Crippen LogP) is 6.03.